The van der Waals surface area contributed by atoms with E-state index in [1.54, 1.807) is 0 Å². The molecule has 6 nitrogen and oxygen atoms in total. The molecule has 3 N–H and O–H groups in total. The minimum atomic E-state index is -1.24. The van der Waals surface area contributed by atoms with Crippen LogP contribution in [-0.2, 0) is 14.3 Å². The van der Waals surface area contributed by atoms with Gasteiger partial charge in [0, 0.05) is 11.5 Å². The highest BCUT2D eigenvalue weighted by Gasteiger charge is 2.33. The van der Waals surface area contributed by atoms with Crippen LogP contribution in [0.5, 0.6) is 0 Å². The van der Waals surface area contributed by atoms with Crippen molar-refractivity contribution in [3.05, 3.63) is 24.3 Å². The van der Waals surface area contributed by atoms with E-state index in [0.29, 0.717) is 5.92 Å². The Hall–Kier alpha value is -1.21. The summed E-state index contributed by atoms with van der Waals surface area (Å²) in [6.45, 7) is 9.10. The lowest BCUT2D eigenvalue weighted by Gasteiger charge is -2.38. The smallest absolute Gasteiger partial charge is 0.335 e. The van der Waals surface area contributed by atoms with Gasteiger partial charge in [0.25, 0.3) is 0 Å². The first-order valence-electron chi connectivity index (χ1n) is 17.4. The summed E-state index contributed by atoms with van der Waals surface area (Å²) in [6.07, 6.45) is 23.3. The minimum absolute atomic E-state index is 0.0336. The van der Waals surface area contributed by atoms with Gasteiger partial charge in [-0.2, -0.15) is 0 Å². The van der Waals surface area contributed by atoms with Crippen LogP contribution in [-0.4, -0.2) is 54.0 Å². The summed E-state index contributed by atoms with van der Waals surface area (Å²) in [4.78, 5) is 12.1. The molecule has 3 rings (SSSR count). The number of hydrogen-bond donors (Lipinski definition) is 3. The summed E-state index contributed by atoms with van der Waals surface area (Å²) in [5.41, 5.74) is 0.244. The van der Waals surface area contributed by atoms with Crippen molar-refractivity contribution in [2.24, 2.45) is 41.4 Å². The van der Waals surface area contributed by atoms with Crippen molar-refractivity contribution >= 4 is 5.97 Å². The van der Waals surface area contributed by atoms with Gasteiger partial charge >= 0.3 is 5.97 Å². The second kappa shape index (κ2) is 19.2. The molecule has 0 bridgehead atoms. The van der Waals surface area contributed by atoms with E-state index in [2.05, 4.69) is 20.1 Å². The molecule has 0 aromatic rings. The Morgan fingerprint density at radius 3 is 1.76 bits per heavy atom. The van der Waals surface area contributed by atoms with Gasteiger partial charge in [-0.1, -0.05) is 97.1 Å². The minimum Gasteiger partial charge on any atom is -0.462 e. The molecule has 0 radical (unpaired) electrons. The first kappa shape index (κ1) is 35.3. The van der Waals surface area contributed by atoms with Crippen molar-refractivity contribution in [3.63, 3.8) is 0 Å². The normalized spacial score (nSPS) is 29.9. The van der Waals surface area contributed by atoms with Crippen LogP contribution in [0.25, 0.3) is 0 Å². The van der Waals surface area contributed by atoms with Gasteiger partial charge in [0.15, 0.2) is 6.29 Å². The zero-order valence-corrected chi connectivity index (χ0v) is 26.7. The highest BCUT2D eigenvalue weighted by atomic mass is 16.6. The van der Waals surface area contributed by atoms with E-state index in [0.717, 1.165) is 42.4 Å². The van der Waals surface area contributed by atoms with Crippen LogP contribution in [0, 0.1) is 41.4 Å². The predicted octanol–water partition coefficient (Wildman–Crippen LogP) is 7.36. The summed E-state index contributed by atoms with van der Waals surface area (Å²) in [5.74, 6) is 4.36. The van der Waals surface area contributed by atoms with E-state index in [9.17, 15) is 20.1 Å². The van der Waals surface area contributed by atoms with Crippen molar-refractivity contribution in [1.82, 2.24) is 0 Å². The molecular formula is C36H62O6. The molecular weight excluding hydrogens is 528 g/mol. The van der Waals surface area contributed by atoms with Crippen LogP contribution in [0.4, 0.5) is 0 Å². The molecule has 0 aromatic carbocycles. The Labute approximate surface area is 256 Å². The number of rotatable bonds is 18. The van der Waals surface area contributed by atoms with Crippen molar-refractivity contribution < 1.29 is 29.6 Å². The Bertz CT molecular complexity index is 787. The van der Waals surface area contributed by atoms with Crippen molar-refractivity contribution in [2.45, 2.75) is 129 Å². The first-order valence-corrected chi connectivity index (χ1v) is 17.4. The molecule has 3 saturated carbocycles. The maximum absolute atomic E-state index is 12.1. The van der Waals surface area contributed by atoms with Crippen molar-refractivity contribution in [3.8, 4) is 0 Å². The van der Waals surface area contributed by atoms with Gasteiger partial charge < -0.3 is 24.8 Å². The second-order valence-electron chi connectivity index (χ2n) is 14.0. The van der Waals surface area contributed by atoms with Crippen molar-refractivity contribution in [2.75, 3.05) is 26.4 Å². The SMILES string of the molecule is C=C(CO)C(=O)OCC(COC(O)C(=C)CO)C1CCC(CCC2CCC(C3CCC(CCCCC)CC3)CC2)CC1. The van der Waals surface area contributed by atoms with Crippen LogP contribution >= 0.6 is 0 Å². The van der Waals surface area contributed by atoms with Crippen LogP contribution in [0.3, 0.4) is 0 Å². The molecule has 0 heterocycles. The predicted molar refractivity (Wildman–Crippen MR) is 169 cm³/mol. The second-order valence-corrected chi connectivity index (χ2v) is 14.0. The lowest BCUT2D eigenvalue weighted by molar-refractivity contribution is -0.145. The summed E-state index contributed by atoms with van der Waals surface area (Å²) < 4.78 is 11.0. The van der Waals surface area contributed by atoms with E-state index >= 15 is 0 Å². The number of ether oxygens (including phenoxy) is 2. The highest BCUT2D eigenvalue weighted by Crippen LogP contribution is 2.44. The molecule has 0 amide bonds. The van der Waals surface area contributed by atoms with E-state index in [-0.39, 0.29) is 36.9 Å². The fourth-order valence-corrected chi connectivity index (χ4v) is 8.08. The van der Waals surface area contributed by atoms with Gasteiger partial charge in [-0.15, -0.1) is 0 Å². The third-order valence-corrected chi connectivity index (χ3v) is 11.1. The first-order chi connectivity index (χ1) is 20.3. The molecule has 6 heteroatoms. The summed E-state index contributed by atoms with van der Waals surface area (Å²) in [6, 6.07) is 0. The fraction of sp³-hybridized carbons (Fsp3) is 0.861. The summed E-state index contributed by atoms with van der Waals surface area (Å²) in [7, 11) is 0. The summed E-state index contributed by atoms with van der Waals surface area (Å²) in [5, 5.41) is 28.5. The number of unbranched alkanes of at least 4 members (excludes halogenated alkanes) is 2. The van der Waals surface area contributed by atoms with Gasteiger partial charge in [0.1, 0.15) is 0 Å². The zero-order chi connectivity index (χ0) is 30.3. The average Bonchev–Trinajstić information content (AvgIpc) is 3.03. The fourth-order valence-electron chi connectivity index (χ4n) is 8.08. The standard InChI is InChI=1S/C36H62O6/c1-4-5-6-7-28-10-16-31(17-11-28)32-18-12-29(13-19-32)8-9-30-14-20-33(21-15-30)34(24-41-35(39)26(2)22-37)25-42-36(40)27(3)23-38/h28-35,37-39H,2-25H2,1H3. The van der Waals surface area contributed by atoms with E-state index in [1.807, 2.05) is 0 Å². The van der Waals surface area contributed by atoms with Gasteiger partial charge in [-0.3, -0.25) is 0 Å². The number of carbonyl (C=O) groups excluding carboxylic acids is 1. The number of aliphatic hydroxyl groups is 3. The third kappa shape index (κ3) is 11.7. The number of hydrogen-bond acceptors (Lipinski definition) is 6. The third-order valence-electron chi connectivity index (χ3n) is 11.1. The van der Waals surface area contributed by atoms with Crippen LogP contribution in [0.2, 0.25) is 0 Å². The van der Waals surface area contributed by atoms with E-state index in [4.69, 9.17) is 9.47 Å². The number of aliphatic hydroxyl groups excluding tert-OH is 3. The Balaban J connectivity index is 1.35. The van der Waals surface area contributed by atoms with Crippen LogP contribution < -0.4 is 0 Å². The molecule has 0 aromatic heterocycles. The maximum Gasteiger partial charge on any atom is 0.335 e. The molecule has 242 valence electrons. The highest BCUT2D eigenvalue weighted by molar-refractivity contribution is 5.87. The average molecular weight is 591 g/mol. The molecule has 0 saturated heterocycles. The van der Waals surface area contributed by atoms with Crippen LogP contribution in [0.15, 0.2) is 24.3 Å². The maximum atomic E-state index is 12.1. The van der Waals surface area contributed by atoms with Gasteiger partial charge in [-0.25, -0.2) is 4.79 Å². The Morgan fingerprint density at radius 1 is 0.738 bits per heavy atom. The summed E-state index contributed by atoms with van der Waals surface area (Å²) >= 11 is 0. The molecule has 0 aliphatic heterocycles. The molecule has 3 aliphatic carbocycles. The molecule has 2 atom stereocenters. The number of esters is 1. The van der Waals surface area contributed by atoms with E-state index < -0.39 is 18.9 Å². The van der Waals surface area contributed by atoms with Gasteiger partial charge in [0.05, 0.1) is 32.0 Å². The largest absolute Gasteiger partial charge is 0.462 e. The lowest BCUT2D eigenvalue weighted by Crippen LogP contribution is -2.32. The van der Waals surface area contributed by atoms with Gasteiger partial charge in [-0.05, 0) is 74.0 Å². The Kier molecular flexibility index (Phi) is 16.2. The quantitative estimate of drug-likeness (QED) is 0.0508. The zero-order valence-electron chi connectivity index (χ0n) is 26.7. The topological polar surface area (TPSA) is 96.2 Å². The number of carbonyl (C=O) groups is 1. The van der Waals surface area contributed by atoms with E-state index in [1.165, 1.54) is 103 Å². The molecule has 42 heavy (non-hydrogen) atoms. The molecule has 2 unspecified atom stereocenters. The Morgan fingerprint density at radius 2 is 1.26 bits per heavy atom. The molecule has 3 fully saturated rings. The van der Waals surface area contributed by atoms with Gasteiger partial charge in [0.2, 0.25) is 0 Å². The lowest BCUT2D eigenvalue weighted by atomic mass is 9.67. The van der Waals surface area contributed by atoms with Crippen LogP contribution in [0.1, 0.15) is 122 Å². The molecule has 0 spiro atoms. The monoisotopic (exact) mass is 590 g/mol. The van der Waals surface area contributed by atoms with Crippen molar-refractivity contribution in [1.29, 1.82) is 0 Å². The molecule has 3 aliphatic rings.